The number of nitrogens with zero attached hydrogens (tertiary/aromatic N) is 1. The van der Waals surface area contributed by atoms with Crippen LogP contribution in [-0.4, -0.2) is 37.1 Å². The van der Waals surface area contributed by atoms with E-state index in [-0.39, 0.29) is 22.0 Å². The molecule has 2 heterocycles. The van der Waals surface area contributed by atoms with Gasteiger partial charge in [-0.3, -0.25) is 4.98 Å². The molecule has 2 unspecified atom stereocenters. The van der Waals surface area contributed by atoms with Crippen LogP contribution in [0.4, 0.5) is 0 Å². The second-order valence-corrected chi connectivity index (χ2v) is 7.59. The van der Waals surface area contributed by atoms with Crippen LogP contribution in [0.2, 0.25) is 0 Å². The molecule has 1 aromatic heterocycles. The number of rotatable bonds is 5. The molecule has 0 spiro atoms. The normalized spacial score (nSPS) is 25.9. The highest BCUT2D eigenvalue weighted by atomic mass is 32.2. The predicted molar refractivity (Wildman–Crippen MR) is 81.3 cm³/mol. The van der Waals surface area contributed by atoms with Gasteiger partial charge in [0.2, 0.25) is 10.0 Å². The van der Waals surface area contributed by atoms with Gasteiger partial charge in [-0.25, -0.2) is 13.1 Å². The summed E-state index contributed by atoms with van der Waals surface area (Å²) in [5.74, 6) is 0.496. The van der Waals surface area contributed by atoms with Crippen molar-refractivity contribution in [3.05, 3.63) is 24.0 Å². The first-order chi connectivity index (χ1) is 9.97. The standard InChI is InChI=1S/C13H17N3O3S2/c14-13(20)11-4-3-9(7-15-11)21(17,18)16-10-5-6-19-12(10)8-1-2-8/h3-4,7-8,10,12,16H,1-2,5-6H2,(H2,14,20). The average Bonchev–Trinajstić information content (AvgIpc) is 3.19. The quantitative estimate of drug-likeness (QED) is 0.768. The predicted octanol–water partition coefficient (Wildman–Crippen LogP) is 0.562. The molecule has 2 fully saturated rings. The number of aromatic nitrogens is 1. The third-order valence-corrected chi connectivity index (χ3v) is 5.51. The zero-order valence-corrected chi connectivity index (χ0v) is 13.0. The van der Waals surface area contributed by atoms with E-state index in [4.69, 9.17) is 22.7 Å². The molecule has 3 N–H and O–H groups in total. The lowest BCUT2D eigenvalue weighted by atomic mass is 10.1. The van der Waals surface area contributed by atoms with Crippen molar-refractivity contribution in [2.45, 2.75) is 36.3 Å². The van der Waals surface area contributed by atoms with Crippen LogP contribution in [0.3, 0.4) is 0 Å². The number of sulfonamides is 1. The third kappa shape index (κ3) is 3.23. The van der Waals surface area contributed by atoms with E-state index in [1.807, 2.05) is 0 Å². The van der Waals surface area contributed by atoms with Crippen LogP contribution in [0.1, 0.15) is 25.0 Å². The van der Waals surface area contributed by atoms with E-state index in [1.54, 1.807) is 0 Å². The van der Waals surface area contributed by atoms with Crippen molar-refractivity contribution in [3.8, 4) is 0 Å². The molecular formula is C13H17N3O3S2. The highest BCUT2D eigenvalue weighted by Crippen LogP contribution is 2.39. The molecule has 2 atom stereocenters. The molecule has 0 radical (unpaired) electrons. The van der Waals surface area contributed by atoms with Crippen LogP contribution in [0.5, 0.6) is 0 Å². The van der Waals surface area contributed by atoms with Gasteiger partial charge < -0.3 is 10.5 Å². The Morgan fingerprint density at radius 1 is 1.38 bits per heavy atom. The van der Waals surface area contributed by atoms with Crippen LogP contribution in [0.15, 0.2) is 23.2 Å². The lowest BCUT2D eigenvalue weighted by Crippen LogP contribution is -2.41. The summed E-state index contributed by atoms with van der Waals surface area (Å²) in [5.41, 5.74) is 5.86. The fourth-order valence-corrected chi connectivity index (χ4v) is 3.93. The van der Waals surface area contributed by atoms with E-state index in [9.17, 15) is 8.42 Å². The van der Waals surface area contributed by atoms with Gasteiger partial charge in [0, 0.05) is 12.8 Å². The lowest BCUT2D eigenvalue weighted by Gasteiger charge is -2.19. The number of nitrogens with one attached hydrogen (secondary N) is 1. The molecule has 114 valence electrons. The Kier molecular flexibility index (Phi) is 3.96. The largest absolute Gasteiger partial charge is 0.388 e. The minimum atomic E-state index is -3.60. The molecule has 1 aliphatic heterocycles. The van der Waals surface area contributed by atoms with E-state index >= 15 is 0 Å². The minimum Gasteiger partial charge on any atom is -0.388 e. The van der Waals surface area contributed by atoms with Gasteiger partial charge in [0.05, 0.1) is 17.8 Å². The van der Waals surface area contributed by atoms with Crippen LogP contribution in [0.25, 0.3) is 0 Å². The van der Waals surface area contributed by atoms with Crippen molar-refractivity contribution < 1.29 is 13.2 Å². The zero-order chi connectivity index (χ0) is 15.0. The van der Waals surface area contributed by atoms with Crippen LogP contribution in [-0.2, 0) is 14.8 Å². The maximum Gasteiger partial charge on any atom is 0.242 e. The van der Waals surface area contributed by atoms with Gasteiger partial charge in [-0.1, -0.05) is 12.2 Å². The van der Waals surface area contributed by atoms with Crippen LogP contribution in [0, 0.1) is 5.92 Å². The molecule has 21 heavy (non-hydrogen) atoms. The number of nitrogens with two attached hydrogens (primary N) is 1. The van der Waals surface area contributed by atoms with Gasteiger partial charge in [0.25, 0.3) is 0 Å². The highest BCUT2D eigenvalue weighted by molar-refractivity contribution is 7.89. The van der Waals surface area contributed by atoms with Crippen molar-refractivity contribution in [3.63, 3.8) is 0 Å². The Labute approximate surface area is 129 Å². The van der Waals surface area contributed by atoms with Gasteiger partial charge in [0.1, 0.15) is 9.88 Å². The number of thiocarbonyl (C=S) groups is 1. The molecule has 0 amide bonds. The first kappa shape index (κ1) is 14.8. The van der Waals surface area contributed by atoms with E-state index in [2.05, 4.69) is 9.71 Å². The Bertz CT molecular complexity index is 641. The molecule has 8 heteroatoms. The Morgan fingerprint density at radius 3 is 2.71 bits per heavy atom. The van der Waals surface area contributed by atoms with E-state index < -0.39 is 10.0 Å². The molecule has 3 rings (SSSR count). The van der Waals surface area contributed by atoms with Gasteiger partial charge in [0.15, 0.2) is 0 Å². The van der Waals surface area contributed by atoms with Crippen molar-refractivity contribution in [1.82, 2.24) is 9.71 Å². The smallest absolute Gasteiger partial charge is 0.242 e. The summed E-state index contributed by atoms with van der Waals surface area (Å²) in [6.07, 6.45) is 4.22. The summed E-state index contributed by atoms with van der Waals surface area (Å²) < 4.78 is 33.2. The van der Waals surface area contributed by atoms with Gasteiger partial charge in [-0.05, 0) is 37.3 Å². The average molecular weight is 327 g/mol. The Balaban J connectivity index is 1.75. The number of hydrogen-bond donors (Lipinski definition) is 2. The molecule has 6 nitrogen and oxygen atoms in total. The number of ether oxygens (including phenoxy) is 1. The van der Waals surface area contributed by atoms with Gasteiger partial charge >= 0.3 is 0 Å². The van der Waals surface area contributed by atoms with Gasteiger partial charge in [-0.15, -0.1) is 0 Å². The monoisotopic (exact) mass is 327 g/mol. The molecule has 1 aromatic rings. The van der Waals surface area contributed by atoms with Crippen molar-refractivity contribution >= 4 is 27.2 Å². The highest BCUT2D eigenvalue weighted by Gasteiger charge is 2.42. The van der Waals surface area contributed by atoms with E-state index in [0.717, 1.165) is 12.8 Å². The van der Waals surface area contributed by atoms with Gasteiger partial charge in [-0.2, -0.15) is 0 Å². The second-order valence-electron chi connectivity index (χ2n) is 5.43. The number of pyridine rings is 1. The Hall–Kier alpha value is -1.09. The fraction of sp³-hybridized carbons (Fsp3) is 0.538. The van der Waals surface area contributed by atoms with Crippen LogP contribution < -0.4 is 10.5 Å². The number of hydrogen-bond acceptors (Lipinski definition) is 5. The lowest BCUT2D eigenvalue weighted by molar-refractivity contribution is 0.0848. The van der Waals surface area contributed by atoms with Crippen LogP contribution >= 0.6 is 12.2 Å². The second kappa shape index (κ2) is 5.60. The molecule has 1 aliphatic carbocycles. The summed E-state index contributed by atoms with van der Waals surface area (Å²) >= 11 is 4.80. The van der Waals surface area contributed by atoms with Crippen molar-refractivity contribution in [1.29, 1.82) is 0 Å². The molecule has 0 bridgehead atoms. The third-order valence-electron chi connectivity index (χ3n) is 3.83. The first-order valence-corrected chi connectivity index (χ1v) is 8.76. The minimum absolute atomic E-state index is 0.00336. The SMILES string of the molecule is NC(=S)c1ccc(S(=O)(=O)NC2CCOC2C2CC2)cn1. The summed E-state index contributed by atoms with van der Waals surface area (Å²) in [5, 5.41) is 0. The van der Waals surface area contributed by atoms with E-state index in [0.29, 0.717) is 24.6 Å². The summed E-state index contributed by atoms with van der Waals surface area (Å²) in [6.45, 7) is 0.604. The Morgan fingerprint density at radius 2 is 2.14 bits per heavy atom. The zero-order valence-electron chi connectivity index (χ0n) is 11.4. The molecule has 1 saturated carbocycles. The fourth-order valence-electron chi connectivity index (χ4n) is 2.58. The summed E-state index contributed by atoms with van der Waals surface area (Å²) in [4.78, 5) is 4.23. The maximum atomic E-state index is 12.4. The van der Waals surface area contributed by atoms with E-state index in [1.165, 1.54) is 18.3 Å². The maximum absolute atomic E-state index is 12.4. The summed E-state index contributed by atoms with van der Waals surface area (Å²) in [7, 11) is -3.60. The van der Waals surface area contributed by atoms with Crippen molar-refractivity contribution in [2.24, 2.45) is 11.7 Å². The summed E-state index contributed by atoms with van der Waals surface area (Å²) in [6, 6.07) is 2.82. The van der Waals surface area contributed by atoms with Crippen molar-refractivity contribution in [2.75, 3.05) is 6.61 Å². The molecular weight excluding hydrogens is 310 g/mol. The first-order valence-electron chi connectivity index (χ1n) is 6.87. The molecule has 0 aromatic carbocycles. The topological polar surface area (TPSA) is 94.3 Å². The molecule has 1 saturated heterocycles. The molecule has 2 aliphatic rings.